The molecule has 0 aromatic carbocycles. The fourth-order valence-corrected chi connectivity index (χ4v) is 3.80. The molecule has 0 aliphatic heterocycles. The second-order valence-corrected chi connectivity index (χ2v) is 5.97. The van der Waals surface area contributed by atoms with Crippen molar-refractivity contribution in [3.8, 4) is 0 Å². The molecule has 0 heteroatoms. The second-order valence-electron chi connectivity index (χ2n) is 5.97. The molecular weight excluding hydrogens is 156 g/mol. The molecule has 76 valence electrons. The fraction of sp³-hybridized carbons (Fsp3) is 1.00. The zero-order valence-corrected chi connectivity index (χ0v) is 9.42. The molecule has 0 radical (unpaired) electrons. The summed E-state index contributed by atoms with van der Waals surface area (Å²) in [6.45, 7) is 7.39. The van der Waals surface area contributed by atoms with Crippen molar-refractivity contribution < 1.29 is 0 Å². The Hall–Kier alpha value is 0. The second kappa shape index (κ2) is 3.63. The normalized spacial score (nSPS) is 51.5. The predicted molar refractivity (Wildman–Crippen MR) is 57.6 cm³/mol. The van der Waals surface area contributed by atoms with E-state index in [0.29, 0.717) is 0 Å². The van der Waals surface area contributed by atoms with Crippen molar-refractivity contribution >= 4 is 0 Å². The van der Waals surface area contributed by atoms with Crippen LogP contribution in [-0.4, -0.2) is 0 Å². The molecule has 0 N–H and O–H groups in total. The predicted octanol–water partition coefficient (Wildman–Crippen LogP) is 4.10. The maximum Gasteiger partial charge on any atom is -0.0406 e. The molecular formula is C13H24. The smallest absolute Gasteiger partial charge is 0.0406 e. The minimum atomic E-state index is 0.986. The van der Waals surface area contributed by atoms with Crippen molar-refractivity contribution in [3.63, 3.8) is 0 Å². The highest BCUT2D eigenvalue weighted by Crippen LogP contribution is 2.44. The Morgan fingerprint density at radius 1 is 0.615 bits per heavy atom. The van der Waals surface area contributed by atoms with Crippen molar-refractivity contribution in [2.45, 2.75) is 52.9 Å². The van der Waals surface area contributed by atoms with Gasteiger partial charge in [-0.25, -0.2) is 0 Å². The first-order chi connectivity index (χ1) is 6.15. The van der Waals surface area contributed by atoms with Gasteiger partial charge in [-0.05, 0) is 61.7 Å². The van der Waals surface area contributed by atoms with Gasteiger partial charge in [0.15, 0.2) is 0 Å². The molecule has 4 unspecified atom stereocenters. The van der Waals surface area contributed by atoms with E-state index in [4.69, 9.17) is 0 Å². The van der Waals surface area contributed by atoms with Crippen molar-refractivity contribution in [1.82, 2.24) is 0 Å². The van der Waals surface area contributed by atoms with E-state index < -0.39 is 0 Å². The van der Waals surface area contributed by atoms with Crippen LogP contribution in [0.15, 0.2) is 0 Å². The Labute approximate surface area is 83.1 Å². The van der Waals surface area contributed by atoms with Crippen molar-refractivity contribution in [2.75, 3.05) is 0 Å². The molecule has 0 saturated heterocycles. The Bertz CT molecular complexity index is 155. The van der Waals surface area contributed by atoms with E-state index in [0.717, 1.165) is 29.6 Å². The van der Waals surface area contributed by atoms with Crippen molar-refractivity contribution in [3.05, 3.63) is 0 Å². The zero-order valence-electron chi connectivity index (χ0n) is 9.42. The standard InChI is InChI=1S/C13H24/c1-9-4-12-6-10(2)11(3)7-13(5-9)8-12/h9-13H,4-8H2,1-3H3/t9?,10-,11?,12?,13?/m0/s1. The number of fused-ring (bicyclic) bond motifs is 2. The Balaban J connectivity index is 2.06. The first-order valence-electron chi connectivity index (χ1n) is 6.15. The van der Waals surface area contributed by atoms with E-state index in [1.54, 1.807) is 6.42 Å². The number of rotatable bonds is 0. The zero-order chi connectivity index (χ0) is 9.42. The van der Waals surface area contributed by atoms with E-state index in [1.807, 2.05) is 0 Å². The Morgan fingerprint density at radius 3 is 1.54 bits per heavy atom. The molecule has 2 fully saturated rings. The molecule has 2 aliphatic carbocycles. The monoisotopic (exact) mass is 180 g/mol. The van der Waals surface area contributed by atoms with Crippen LogP contribution in [0.3, 0.4) is 0 Å². The van der Waals surface area contributed by atoms with E-state index in [1.165, 1.54) is 25.7 Å². The minimum absolute atomic E-state index is 0.986. The highest BCUT2D eigenvalue weighted by molar-refractivity contribution is 4.84. The summed E-state index contributed by atoms with van der Waals surface area (Å²) in [5.74, 6) is 5.14. The lowest BCUT2D eigenvalue weighted by Gasteiger charge is -2.31. The van der Waals surface area contributed by atoms with Gasteiger partial charge in [0.05, 0.1) is 0 Å². The van der Waals surface area contributed by atoms with Crippen LogP contribution in [-0.2, 0) is 0 Å². The van der Waals surface area contributed by atoms with Crippen molar-refractivity contribution in [1.29, 1.82) is 0 Å². The van der Waals surface area contributed by atoms with Crippen LogP contribution < -0.4 is 0 Å². The summed E-state index contributed by atoms with van der Waals surface area (Å²) in [4.78, 5) is 0. The lowest BCUT2D eigenvalue weighted by molar-refractivity contribution is 0.205. The molecule has 2 bridgehead atoms. The van der Waals surface area contributed by atoms with Gasteiger partial charge in [-0.15, -0.1) is 0 Å². The van der Waals surface area contributed by atoms with Crippen LogP contribution in [0.25, 0.3) is 0 Å². The maximum absolute atomic E-state index is 2.47. The third-order valence-corrected chi connectivity index (χ3v) is 4.52. The molecule has 2 saturated carbocycles. The first kappa shape index (κ1) is 9.55. The van der Waals surface area contributed by atoms with Crippen LogP contribution in [0.2, 0.25) is 0 Å². The van der Waals surface area contributed by atoms with Gasteiger partial charge in [0.25, 0.3) is 0 Å². The van der Waals surface area contributed by atoms with E-state index in [9.17, 15) is 0 Å². The average Bonchev–Trinajstić information content (AvgIpc) is 2.09. The van der Waals surface area contributed by atoms with Crippen LogP contribution in [0.1, 0.15) is 52.9 Å². The highest BCUT2D eigenvalue weighted by atomic mass is 14.4. The quantitative estimate of drug-likeness (QED) is 0.526. The molecule has 0 aromatic rings. The van der Waals surface area contributed by atoms with E-state index in [-0.39, 0.29) is 0 Å². The summed E-state index contributed by atoms with van der Waals surface area (Å²) in [7, 11) is 0. The summed E-state index contributed by atoms with van der Waals surface area (Å²) in [5, 5.41) is 0. The molecule has 2 aliphatic rings. The lowest BCUT2D eigenvalue weighted by atomic mass is 9.75. The molecule has 13 heavy (non-hydrogen) atoms. The van der Waals surface area contributed by atoms with Gasteiger partial charge < -0.3 is 0 Å². The fourth-order valence-electron chi connectivity index (χ4n) is 3.80. The summed E-state index contributed by atoms with van der Waals surface area (Å²) < 4.78 is 0. The van der Waals surface area contributed by atoms with Gasteiger partial charge in [-0.1, -0.05) is 20.8 Å². The van der Waals surface area contributed by atoms with E-state index in [2.05, 4.69) is 20.8 Å². The molecule has 5 atom stereocenters. The minimum Gasteiger partial charge on any atom is -0.0625 e. The maximum atomic E-state index is 2.47. The van der Waals surface area contributed by atoms with Gasteiger partial charge >= 0.3 is 0 Å². The van der Waals surface area contributed by atoms with Crippen molar-refractivity contribution in [2.24, 2.45) is 29.6 Å². The summed E-state index contributed by atoms with van der Waals surface area (Å²) >= 11 is 0. The third kappa shape index (κ3) is 2.08. The van der Waals surface area contributed by atoms with Gasteiger partial charge in [0, 0.05) is 0 Å². The largest absolute Gasteiger partial charge is 0.0625 e. The molecule has 0 heterocycles. The number of hydrogen-bond acceptors (Lipinski definition) is 0. The van der Waals surface area contributed by atoms with Gasteiger partial charge in [-0.2, -0.15) is 0 Å². The highest BCUT2D eigenvalue weighted by Gasteiger charge is 2.33. The average molecular weight is 180 g/mol. The Kier molecular flexibility index (Phi) is 2.67. The molecule has 0 aromatic heterocycles. The molecule has 0 nitrogen and oxygen atoms in total. The number of hydrogen-bond donors (Lipinski definition) is 0. The van der Waals surface area contributed by atoms with Crippen LogP contribution >= 0.6 is 0 Å². The van der Waals surface area contributed by atoms with Crippen LogP contribution in [0.4, 0.5) is 0 Å². The van der Waals surface area contributed by atoms with E-state index >= 15 is 0 Å². The van der Waals surface area contributed by atoms with Crippen LogP contribution in [0.5, 0.6) is 0 Å². The Morgan fingerprint density at radius 2 is 1.08 bits per heavy atom. The molecule has 0 spiro atoms. The van der Waals surface area contributed by atoms with Gasteiger partial charge in [-0.3, -0.25) is 0 Å². The summed E-state index contributed by atoms with van der Waals surface area (Å²) in [6, 6.07) is 0. The first-order valence-corrected chi connectivity index (χ1v) is 6.15. The topological polar surface area (TPSA) is 0 Å². The molecule has 2 rings (SSSR count). The van der Waals surface area contributed by atoms with Crippen LogP contribution in [0, 0.1) is 29.6 Å². The molecule has 0 amide bonds. The lowest BCUT2D eigenvalue weighted by Crippen LogP contribution is -2.19. The van der Waals surface area contributed by atoms with Gasteiger partial charge in [0.1, 0.15) is 0 Å². The van der Waals surface area contributed by atoms with Gasteiger partial charge in [0.2, 0.25) is 0 Å². The summed E-state index contributed by atoms with van der Waals surface area (Å²) in [6.07, 6.45) is 7.63. The SMILES string of the molecule is CC1CC2CC(C1)C[C@H](C)C(C)C2. The summed E-state index contributed by atoms with van der Waals surface area (Å²) in [5.41, 5.74) is 0. The third-order valence-electron chi connectivity index (χ3n) is 4.52.